The van der Waals surface area contributed by atoms with E-state index in [0.29, 0.717) is 6.42 Å². The first-order valence-electron chi connectivity index (χ1n) is 4.46. The zero-order chi connectivity index (χ0) is 11.1. The minimum atomic E-state index is -2.29. The number of hydrogen-bond acceptors (Lipinski definition) is 4. The zero-order valence-corrected chi connectivity index (χ0v) is 10.7. The predicted molar refractivity (Wildman–Crippen MR) is 60.8 cm³/mol. The van der Waals surface area contributed by atoms with Gasteiger partial charge in [0, 0.05) is 6.92 Å². The molecule has 0 heterocycles. The van der Waals surface area contributed by atoms with Crippen LogP contribution in [0, 0.1) is 0 Å². The molecule has 0 aromatic rings. The number of hydrogen-bond donors (Lipinski definition) is 2. The predicted octanol–water partition coefficient (Wildman–Crippen LogP) is -0.302. The molecule has 14 heavy (non-hydrogen) atoms. The fraction of sp³-hybridized carbons (Fsp3) is 0.750. The Morgan fingerprint density at radius 2 is 2.14 bits per heavy atom. The van der Waals surface area contributed by atoms with Crippen LogP contribution < -0.4 is 5.32 Å². The highest BCUT2D eigenvalue weighted by Gasteiger charge is 2.23. The normalized spacial score (nSPS) is 14.6. The number of thioether (sulfide) groups is 1. The molecular formula is C8H17NO3SSi. The zero-order valence-electron chi connectivity index (χ0n) is 8.74. The SMILES string of the molecule is CSCCC(NC(C)=O)C(=O)[SiH](C)O. The summed E-state index contributed by atoms with van der Waals surface area (Å²) in [4.78, 5) is 31.5. The van der Waals surface area contributed by atoms with Gasteiger partial charge in [0.2, 0.25) is 14.9 Å². The van der Waals surface area contributed by atoms with E-state index in [-0.39, 0.29) is 11.3 Å². The molecule has 0 saturated carbocycles. The van der Waals surface area contributed by atoms with Crippen molar-refractivity contribution in [2.24, 2.45) is 0 Å². The molecule has 0 aromatic carbocycles. The van der Waals surface area contributed by atoms with Crippen molar-refractivity contribution < 1.29 is 14.4 Å². The Bertz CT molecular complexity index is 211. The van der Waals surface area contributed by atoms with Crippen molar-refractivity contribution in [3.8, 4) is 0 Å². The number of carbonyl (C=O) groups is 2. The van der Waals surface area contributed by atoms with Crippen LogP contribution in [0.4, 0.5) is 0 Å². The number of carbonyl (C=O) groups excluding carboxylic acids is 2. The van der Waals surface area contributed by atoms with Crippen LogP contribution in [0.5, 0.6) is 0 Å². The summed E-state index contributed by atoms with van der Waals surface area (Å²) >= 11 is 1.62. The van der Waals surface area contributed by atoms with Gasteiger partial charge in [0.1, 0.15) is 0 Å². The van der Waals surface area contributed by atoms with Crippen LogP contribution >= 0.6 is 11.8 Å². The smallest absolute Gasteiger partial charge is 0.245 e. The molecule has 0 saturated heterocycles. The average molecular weight is 235 g/mol. The van der Waals surface area contributed by atoms with Crippen LogP contribution in [0.15, 0.2) is 0 Å². The summed E-state index contributed by atoms with van der Waals surface area (Å²) in [6.45, 7) is 2.93. The van der Waals surface area contributed by atoms with Gasteiger partial charge in [-0.05, 0) is 25.0 Å². The van der Waals surface area contributed by atoms with Crippen molar-refractivity contribution in [3.63, 3.8) is 0 Å². The monoisotopic (exact) mass is 235 g/mol. The number of nitrogens with one attached hydrogen (secondary N) is 1. The quantitative estimate of drug-likeness (QED) is 0.620. The molecule has 2 atom stereocenters. The van der Waals surface area contributed by atoms with E-state index in [4.69, 9.17) is 0 Å². The summed E-state index contributed by atoms with van der Waals surface area (Å²) in [5.41, 5.74) is 0. The van der Waals surface area contributed by atoms with Crippen molar-refractivity contribution in [1.29, 1.82) is 0 Å². The first-order valence-corrected chi connectivity index (χ1v) is 8.11. The molecule has 6 heteroatoms. The summed E-state index contributed by atoms with van der Waals surface area (Å²) in [6.07, 6.45) is 2.53. The maximum Gasteiger partial charge on any atom is 0.245 e. The summed E-state index contributed by atoms with van der Waals surface area (Å²) in [5.74, 6) is 0.580. The van der Waals surface area contributed by atoms with Gasteiger partial charge in [-0.15, -0.1) is 0 Å². The fourth-order valence-corrected chi connectivity index (χ4v) is 2.36. The molecule has 4 nitrogen and oxygen atoms in total. The summed E-state index contributed by atoms with van der Waals surface area (Å²) in [7, 11) is -2.29. The maximum atomic E-state index is 11.5. The van der Waals surface area contributed by atoms with Gasteiger partial charge in [-0.3, -0.25) is 4.79 Å². The topological polar surface area (TPSA) is 66.4 Å². The highest BCUT2D eigenvalue weighted by Crippen LogP contribution is 2.03. The second kappa shape index (κ2) is 7.02. The Hall–Kier alpha value is -0.333. The minimum Gasteiger partial charge on any atom is -0.427 e. The van der Waals surface area contributed by atoms with Crippen LogP contribution in [-0.4, -0.2) is 43.2 Å². The van der Waals surface area contributed by atoms with Crippen molar-refractivity contribution in [3.05, 3.63) is 0 Å². The van der Waals surface area contributed by atoms with Gasteiger partial charge in [-0.25, -0.2) is 0 Å². The molecule has 0 aliphatic carbocycles. The Morgan fingerprint density at radius 1 is 1.57 bits per heavy atom. The molecule has 0 rings (SSSR count). The third kappa shape index (κ3) is 5.41. The van der Waals surface area contributed by atoms with Crippen LogP contribution in [0.1, 0.15) is 13.3 Å². The van der Waals surface area contributed by atoms with E-state index >= 15 is 0 Å². The number of rotatable bonds is 6. The van der Waals surface area contributed by atoms with Crippen LogP contribution in [0.3, 0.4) is 0 Å². The van der Waals surface area contributed by atoms with Crippen LogP contribution in [0.25, 0.3) is 0 Å². The highest BCUT2D eigenvalue weighted by atomic mass is 32.2. The van der Waals surface area contributed by atoms with Crippen LogP contribution in [-0.2, 0) is 9.59 Å². The van der Waals surface area contributed by atoms with E-state index in [0.717, 1.165) is 5.75 Å². The van der Waals surface area contributed by atoms with Crippen molar-refractivity contribution >= 4 is 32.1 Å². The van der Waals surface area contributed by atoms with Gasteiger partial charge in [0.15, 0.2) is 5.41 Å². The molecular weight excluding hydrogens is 218 g/mol. The maximum absolute atomic E-state index is 11.5. The van der Waals surface area contributed by atoms with Gasteiger partial charge in [0.05, 0.1) is 6.04 Å². The molecule has 0 fully saturated rings. The van der Waals surface area contributed by atoms with Gasteiger partial charge in [-0.2, -0.15) is 11.8 Å². The third-order valence-corrected chi connectivity index (χ3v) is 3.61. The molecule has 0 aliphatic rings. The first kappa shape index (κ1) is 13.7. The lowest BCUT2D eigenvalue weighted by Gasteiger charge is -2.16. The standard InChI is InChI=1S/C8H17NO3SSi/c1-6(10)9-7(4-5-13-2)8(11)14(3)12/h7,12,14H,4-5H2,1-3H3,(H,9,10). The van der Waals surface area contributed by atoms with E-state index in [1.54, 1.807) is 18.3 Å². The molecule has 0 aliphatic heterocycles. The lowest BCUT2D eigenvalue weighted by atomic mass is 10.2. The highest BCUT2D eigenvalue weighted by molar-refractivity contribution is 7.98. The third-order valence-electron chi connectivity index (χ3n) is 1.74. The van der Waals surface area contributed by atoms with Crippen molar-refractivity contribution in [1.82, 2.24) is 5.32 Å². The van der Waals surface area contributed by atoms with Crippen molar-refractivity contribution in [2.45, 2.75) is 25.9 Å². The lowest BCUT2D eigenvalue weighted by molar-refractivity contribution is -0.123. The molecule has 2 N–H and O–H groups in total. The average Bonchev–Trinajstić information content (AvgIpc) is 2.10. The fourth-order valence-electron chi connectivity index (χ4n) is 1.06. The summed E-state index contributed by atoms with van der Waals surface area (Å²) < 4.78 is 0. The Balaban J connectivity index is 4.22. The lowest BCUT2D eigenvalue weighted by Crippen LogP contribution is -2.45. The van der Waals surface area contributed by atoms with E-state index in [2.05, 4.69) is 5.32 Å². The van der Waals surface area contributed by atoms with Gasteiger partial charge >= 0.3 is 0 Å². The molecule has 82 valence electrons. The van der Waals surface area contributed by atoms with Crippen molar-refractivity contribution in [2.75, 3.05) is 12.0 Å². The minimum absolute atomic E-state index is 0.186. The Kier molecular flexibility index (Phi) is 6.86. The largest absolute Gasteiger partial charge is 0.427 e. The first-order chi connectivity index (χ1) is 6.49. The molecule has 0 radical (unpaired) electrons. The Morgan fingerprint density at radius 3 is 2.50 bits per heavy atom. The van der Waals surface area contributed by atoms with Gasteiger partial charge in [-0.1, -0.05) is 0 Å². The second-order valence-corrected chi connectivity index (χ2v) is 6.02. The van der Waals surface area contributed by atoms with E-state index in [9.17, 15) is 14.4 Å². The summed E-state index contributed by atoms with van der Waals surface area (Å²) in [6, 6.07) is -0.494. The number of amides is 1. The molecule has 0 spiro atoms. The molecule has 0 bridgehead atoms. The molecule has 2 unspecified atom stereocenters. The second-order valence-electron chi connectivity index (χ2n) is 3.11. The Labute approximate surface area is 90.2 Å². The van der Waals surface area contributed by atoms with Gasteiger partial charge < -0.3 is 14.9 Å². The van der Waals surface area contributed by atoms with Gasteiger partial charge in [0.25, 0.3) is 0 Å². The van der Waals surface area contributed by atoms with Crippen LogP contribution in [0.2, 0.25) is 6.55 Å². The summed E-state index contributed by atoms with van der Waals surface area (Å²) in [5, 5.41) is 2.38. The molecule has 0 aromatic heterocycles. The van der Waals surface area contributed by atoms with E-state index in [1.165, 1.54) is 6.92 Å². The molecule has 1 amide bonds. The van der Waals surface area contributed by atoms with E-state index < -0.39 is 15.1 Å². The van der Waals surface area contributed by atoms with E-state index in [1.807, 2.05) is 6.26 Å².